The Morgan fingerprint density at radius 1 is 1.61 bits per heavy atom. The number of morpholine rings is 1. The molecule has 1 aliphatic heterocycles. The van der Waals surface area contributed by atoms with Gasteiger partial charge in [-0.25, -0.2) is 0 Å². The van der Waals surface area contributed by atoms with Crippen molar-refractivity contribution >= 4 is 23.1 Å². The Morgan fingerprint density at radius 2 is 2.33 bits per heavy atom. The standard InChI is InChI=1S/C12H21N3O2S/c1-8(11(13)18)6-15-4-5-17-7-10(15)12(16)14-9-2-3-9/h8-10H,2-7H2,1H3,(H2,13,18)(H,14,16). The van der Waals surface area contributed by atoms with Gasteiger partial charge in [-0.3, -0.25) is 9.69 Å². The Bertz CT molecular complexity index is 333. The zero-order valence-corrected chi connectivity index (χ0v) is 11.5. The van der Waals surface area contributed by atoms with Gasteiger partial charge in [0.2, 0.25) is 5.91 Å². The van der Waals surface area contributed by atoms with Crippen molar-refractivity contribution in [2.75, 3.05) is 26.3 Å². The van der Waals surface area contributed by atoms with Crippen LogP contribution in [0.1, 0.15) is 19.8 Å². The molecule has 2 atom stereocenters. The van der Waals surface area contributed by atoms with Crippen LogP contribution in [0.4, 0.5) is 0 Å². The van der Waals surface area contributed by atoms with Gasteiger partial charge in [-0.05, 0) is 12.8 Å². The summed E-state index contributed by atoms with van der Waals surface area (Å²) in [6.45, 7) is 4.60. The summed E-state index contributed by atoms with van der Waals surface area (Å²) < 4.78 is 5.41. The second kappa shape index (κ2) is 5.95. The highest BCUT2D eigenvalue weighted by Crippen LogP contribution is 2.20. The molecule has 0 aromatic carbocycles. The quantitative estimate of drug-likeness (QED) is 0.683. The molecule has 2 unspecified atom stereocenters. The molecule has 3 N–H and O–H groups in total. The van der Waals surface area contributed by atoms with Crippen molar-refractivity contribution in [3.05, 3.63) is 0 Å². The number of nitrogens with two attached hydrogens (primary N) is 1. The number of thiocarbonyl (C=S) groups is 1. The van der Waals surface area contributed by atoms with Crippen molar-refractivity contribution in [1.29, 1.82) is 0 Å². The fourth-order valence-electron chi connectivity index (χ4n) is 2.06. The molecular weight excluding hydrogens is 250 g/mol. The van der Waals surface area contributed by atoms with Crippen molar-refractivity contribution in [1.82, 2.24) is 10.2 Å². The second-order valence-electron chi connectivity index (χ2n) is 5.17. The topological polar surface area (TPSA) is 67.6 Å². The van der Waals surface area contributed by atoms with E-state index in [4.69, 9.17) is 22.7 Å². The lowest BCUT2D eigenvalue weighted by Gasteiger charge is -2.35. The number of nitrogens with zero attached hydrogens (tertiary/aromatic N) is 1. The van der Waals surface area contributed by atoms with Gasteiger partial charge >= 0.3 is 0 Å². The third kappa shape index (κ3) is 3.63. The van der Waals surface area contributed by atoms with Crippen LogP contribution in [-0.4, -0.2) is 54.2 Å². The van der Waals surface area contributed by atoms with Gasteiger partial charge in [0, 0.05) is 25.0 Å². The zero-order chi connectivity index (χ0) is 13.1. The molecule has 2 rings (SSSR count). The number of carbonyl (C=O) groups excluding carboxylic acids is 1. The van der Waals surface area contributed by atoms with Gasteiger partial charge in [-0.1, -0.05) is 19.1 Å². The first-order chi connectivity index (χ1) is 8.58. The first kappa shape index (κ1) is 13.7. The summed E-state index contributed by atoms with van der Waals surface area (Å²) >= 11 is 4.99. The average molecular weight is 271 g/mol. The monoisotopic (exact) mass is 271 g/mol. The molecule has 1 saturated heterocycles. The number of nitrogens with one attached hydrogen (secondary N) is 1. The van der Waals surface area contributed by atoms with E-state index >= 15 is 0 Å². The van der Waals surface area contributed by atoms with E-state index in [0.717, 1.165) is 25.9 Å². The van der Waals surface area contributed by atoms with Crippen molar-refractivity contribution in [3.8, 4) is 0 Å². The molecule has 1 aliphatic carbocycles. The van der Waals surface area contributed by atoms with Crippen LogP contribution in [0.25, 0.3) is 0 Å². The van der Waals surface area contributed by atoms with Crippen LogP contribution in [0.15, 0.2) is 0 Å². The predicted molar refractivity (Wildman–Crippen MR) is 73.3 cm³/mol. The molecule has 1 heterocycles. The van der Waals surface area contributed by atoms with E-state index < -0.39 is 0 Å². The summed E-state index contributed by atoms with van der Waals surface area (Å²) in [5.41, 5.74) is 5.64. The number of ether oxygens (including phenoxy) is 1. The van der Waals surface area contributed by atoms with E-state index in [9.17, 15) is 4.79 Å². The molecular formula is C12H21N3O2S. The highest BCUT2D eigenvalue weighted by atomic mass is 32.1. The second-order valence-corrected chi connectivity index (χ2v) is 5.64. The normalized spacial score (nSPS) is 26.6. The molecule has 0 aromatic rings. The van der Waals surface area contributed by atoms with Crippen molar-refractivity contribution in [2.45, 2.75) is 31.8 Å². The highest BCUT2D eigenvalue weighted by Gasteiger charge is 2.33. The Kier molecular flexibility index (Phi) is 4.53. The fourth-order valence-corrected chi connectivity index (χ4v) is 2.14. The van der Waals surface area contributed by atoms with Gasteiger partial charge < -0.3 is 15.8 Å². The summed E-state index contributed by atoms with van der Waals surface area (Å²) in [6.07, 6.45) is 2.20. The van der Waals surface area contributed by atoms with Crippen molar-refractivity contribution in [2.24, 2.45) is 11.7 Å². The van der Waals surface area contributed by atoms with E-state index in [1.807, 2.05) is 6.92 Å². The SMILES string of the molecule is CC(CN1CCOCC1C(=O)NC1CC1)C(N)=S. The van der Waals surface area contributed by atoms with Crippen LogP contribution >= 0.6 is 12.2 Å². The lowest BCUT2D eigenvalue weighted by atomic mass is 10.1. The molecule has 6 heteroatoms. The van der Waals surface area contributed by atoms with Gasteiger partial charge in [0.15, 0.2) is 0 Å². The van der Waals surface area contributed by atoms with Crippen molar-refractivity contribution in [3.63, 3.8) is 0 Å². The Labute approximate surface area is 113 Å². The number of rotatable bonds is 5. The Balaban J connectivity index is 1.91. The summed E-state index contributed by atoms with van der Waals surface area (Å²) in [7, 11) is 0. The summed E-state index contributed by atoms with van der Waals surface area (Å²) in [5.74, 6) is 0.196. The third-order valence-corrected chi connectivity index (χ3v) is 3.86. The van der Waals surface area contributed by atoms with E-state index in [0.29, 0.717) is 24.2 Å². The van der Waals surface area contributed by atoms with Gasteiger partial charge in [0.1, 0.15) is 6.04 Å². The Morgan fingerprint density at radius 3 is 2.94 bits per heavy atom. The molecule has 0 aromatic heterocycles. The molecule has 0 bridgehead atoms. The van der Waals surface area contributed by atoms with Gasteiger partial charge in [-0.15, -0.1) is 0 Å². The first-order valence-corrected chi connectivity index (χ1v) is 6.90. The first-order valence-electron chi connectivity index (χ1n) is 6.49. The van der Waals surface area contributed by atoms with E-state index in [1.54, 1.807) is 0 Å². The summed E-state index contributed by atoms with van der Waals surface area (Å²) in [4.78, 5) is 14.7. The van der Waals surface area contributed by atoms with Crippen LogP contribution in [0.2, 0.25) is 0 Å². The zero-order valence-electron chi connectivity index (χ0n) is 10.7. The minimum absolute atomic E-state index is 0.0762. The Hall–Kier alpha value is -0.720. The van der Waals surface area contributed by atoms with Crippen molar-refractivity contribution < 1.29 is 9.53 Å². The molecule has 1 amide bonds. The van der Waals surface area contributed by atoms with E-state index in [1.165, 1.54) is 0 Å². The van der Waals surface area contributed by atoms with Gasteiger partial charge in [0.05, 0.1) is 18.2 Å². The van der Waals surface area contributed by atoms with E-state index in [2.05, 4.69) is 10.2 Å². The molecule has 18 heavy (non-hydrogen) atoms. The largest absolute Gasteiger partial charge is 0.393 e. The van der Waals surface area contributed by atoms with Crippen LogP contribution in [-0.2, 0) is 9.53 Å². The molecule has 5 nitrogen and oxygen atoms in total. The number of amides is 1. The summed E-state index contributed by atoms with van der Waals surface area (Å²) in [5, 5.41) is 3.03. The fraction of sp³-hybridized carbons (Fsp3) is 0.833. The molecule has 0 radical (unpaired) electrons. The van der Waals surface area contributed by atoms with Crippen LogP contribution < -0.4 is 11.1 Å². The number of carbonyl (C=O) groups is 1. The highest BCUT2D eigenvalue weighted by molar-refractivity contribution is 7.80. The molecule has 2 fully saturated rings. The van der Waals surface area contributed by atoms with Gasteiger partial charge in [0.25, 0.3) is 0 Å². The number of hydrogen-bond donors (Lipinski definition) is 2. The van der Waals surface area contributed by atoms with E-state index in [-0.39, 0.29) is 17.9 Å². The predicted octanol–water partition coefficient (Wildman–Crippen LogP) is -0.112. The maximum absolute atomic E-state index is 12.1. The molecule has 102 valence electrons. The lowest BCUT2D eigenvalue weighted by Crippen LogP contribution is -2.55. The minimum Gasteiger partial charge on any atom is -0.393 e. The van der Waals surface area contributed by atoms with Gasteiger partial charge in [-0.2, -0.15) is 0 Å². The lowest BCUT2D eigenvalue weighted by molar-refractivity contribution is -0.132. The minimum atomic E-state index is -0.198. The van der Waals surface area contributed by atoms with Crippen LogP contribution in [0, 0.1) is 5.92 Å². The maximum atomic E-state index is 12.1. The third-order valence-electron chi connectivity index (χ3n) is 3.46. The van der Waals surface area contributed by atoms with Crippen LogP contribution in [0.3, 0.4) is 0 Å². The maximum Gasteiger partial charge on any atom is 0.239 e. The average Bonchev–Trinajstić information content (AvgIpc) is 3.13. The molecule has 1 saturated carbocycles. The smallest absolute Gasteiger partial charge is 0.239 e. The molecule has 0 spiro atoms. The summed E-state index contributed by atoms with van der Waals surface area (Å²) in [6, 6.07) is 0.186. The van der Waals surface area contributed by atoms with Crippen LogP contribution in [0.5, 0.6) is 0 Å². The number of hydrogen-bond acceptors (Lipinski definition) is 4. The molecule has 2 aliphatic rings.